The van der Waals surface area contributed by atoms with Gasteiger partial charge in [-0.2, -0.15) is 0 Å². The highest BCUT2D eigenvalue weighted by Gasteiger charge is 2.02. The van der Waals surface area contributed by atoms with Crippen LogP contribution in [0.5, 0.6) is 5.75 Å². The predicted molar refractivity (Wildman–Crippen MR) is 64.3 cm³/mol. The first-order valence-corrected chi connectivity index (χ1v) is 4.97. The lowest BCUT2D eigenvalue weighted by Gasteiger charge is -2.12. The second-order valence-electron chi connectivity index (χ2n) is 2.80. The first kappa shape index (κ1) is 11.7. The van der Waals surface area contributed by atoms with Crippen LogP contribution in [0.3, 0.4) is 0 Å². The van der Waals surface area contributed by atoms with E-state index in [1.807, 2.05) is 24.3 Å². The predicted octanol–water partition coefficient (Wildman–Crippen LogP) is 0.974. The number of ether oxygens (including phenoxy) is 1. The fourth-order valence-electron chi connectivity index (χ4n) is 1.08. The van der Waals surface area contributed by atoms with Gasteiger partial charge >= 0.3 is 0 Å². The van der Waals surface area contributed by atoms with Crippen molar-refractivity contribution in [3.63, 3.8) is 0 Å². The highest BCUT2D eigenvalue weighted by molar-refractivity contribution is 7.80. The Morgan fingerprint density at radius 3 is 2.87 bits per heavy atom. The summed E-state index contributed by atoms with van der Waals surface area (Å²) in [7, 11) is 1.60. The lowest BCUT2D eigenvalue weighted by molar-refractivity contribution is 0.300. The number of methoxy groups -OCH3 is 1. The average molecular weight is 226 g/mol. The van der Waals surface area contributed by atoms with Crippen LogP contribution in [0, 0.1) is 0 Å². The first-order chi connectivity index (χ1) is 7.27. The number of aliphatic hydroxyl groups is 1. The molecule has 0 heterocycles. The monoisotopic (exact) mass is 226 g/mol. The van der Waals surface area contributed by atoms with Gasteiger partial charge in [0.1, 0.15) is 5.75 Å². The van der Waals surface area contributed by atoms with Crippen molar-refractivity contribution in [1.82, 2.24) is 5.32 Å². The Labute approximate surface area is 94.3 Å². The van der Waals surface area contributed by atoms with E-state index >= 15 is 0 Å². The third-order valence-electron chi connectivity index (χ3n) is 1.75. The lowest BCUT2D eigenvalue weighted by atomic mass is 10.3. The maximum atomic E-state index is 8.61. The van der Waals surface area contributed by atoms with Gasteiger partial charge in [-0.1, -0.05) is 12.1 Å². The molecule has 0 unspecified atom stereocenters. The number of aliphatic hydroxyl groups excluding tert-OH is 1. The Balaban J connectivity index is 2.59. The molecule has 0 saturated carbocycles. The molecule has 3 N–H and O–H groups in total. The van der Waals surface area contributed by atoms with Crippen molar-refractivity contribution in [1.29, 1.82) is 0 Å². The molecule has 0 aromatic heterocycles. The molecule has 1 aromatic carbocycles. The van der Waals surface area contributed by atoms with E-state index in [1.165, 1.54) is 0 Å². The molecule has 4 nitrogen and oxygen atoms in total. The van der Waals surface area contributed by atoms with E-state index in [1.54, 1.807) is 7.11 Å². The molecule has 0 saturated heterocycles. The van der Waals surface area contributed by atoms with Crippen LogP contribution in [-0.4, -0.2) is 30.5 Å². The van der Waals surface area contributed by atoms with Crippen molar-refractivity contribution in [3.05, 3.63) is 24.3 Å². The number of rotatable bonds is 4. The minimum absolute atomic E-state index is 0.0493. The second kappa shape index (κ2) is 6.21. The molecule has 82 valence electrons. The third-order valence-corrected chi connectivity index (χ3v) is 2.00. The van der Waals surface area contributed by atoms with Gasteiger partial charge in [0.2, 0.25) is 0 Å². The number of thiocarbonyl (C=S) groups is 1. The zero-order valence-electron chi connectivity index (χ0n) is 8.49. The Morgan fingerprint density at radius 1 is 1.47 bits per heavy atom. The van der Waals surface area contributed by atoms with E-state index in [4.69, 9.17) is 22.1 Å². The van der Waals surface area contributed by atoms with Crippen LogP contribution in [0.15, 0.2) is 24.3 Å². The van der Waals surface area contributed by atoms with Gasteiger partial charge in [0.15, 0.2) is 5.11 Å². The molecular weight excluding hydrogens is 212 g/mol. The highest BCUT2D eigenvalue weighted by atomic mass is 32.1. The molecule has 0 atom stereocenters. The van der Waals surface area contributed by atoms with Gasteiger partial charge in [0.25, 0.3) is 0 Å². The van der Waals surface area contributed by atoms with Crippen molar-refractivity contribution in [2.45, 2.75) is 0 Å². The summed E-state index contributed by atoms with van der Waals surface area (Å²) in [6.45, 7) is 0.481. The minimum Gasteiger partial charge on any atom is -0.495 e. The summed E-state index contributed by atoms with van der Waals surface area (Å²) in [4.78, 5) is 0. The van der Waals surface area contributed by atoms with Crippen molar-refractivity contribution in [2.75, 3.05) is 25.6 Å². The van der Waals surface area contributed by atoms with Gasteiger partial charge in [-0.15, -0.1) is 0 Å². The summed E-state index contributed by atoms with van der Waals surface area (Å²) in [5.41, 5.74) is 0.801. The minimum atomic E-state index is 0.0493. The molecule has 0 bridgehead atoms. The van der Waals surface area contributed by atoms with E-state index in [-0.39, 0.29) is 6.61 Å². The van der Waals surface area contributed by atoms with E-state index in [0.29, 0.717) is 11.7 Å². The van der Waals surface area contributed by atoms with Crippen LogP contribution in [0.2, 0.25) is 0 Å². The molecule has 5 heteroatoms. The molecule has 0 aliphatic carbocycles. The maximum absolute atomic E-state index is 8.61. The van der Waals surface area contributed by atoms with Gasteiger partial charge < -0.3 is 20.5 Å². The molecule has 0 fully saturated rings. The van der Waals surface area contributed by atoms with E-state index < -0.39 is 0 Å². The van der Waals surface area contributed by atoms with Gasteiger partial charge in [-0.25, -0.2) is 0 Å². The Bertz CT molecular complexity index is 331. The zero-order valence-corrected chi connectivity index (χ0v) is 9.30. The molecule has 1 rings (SSSR count). The molecule has 15 heavy (non-hydrogen) atoms. The molecule has 0 aliphatic rings. The molecule has 0 radical (unpaired) electrons. The third kappa shape index (κ3) is 3.73. The fourth-order valence-corrected chi connectivity index (χ4v) is 1.30. The summed E-state index contributed by atoms with van der Waals surface area (Å²) in [5, 5.41) is 14.9. The molecule has 0 aliphatic heterocycles. The van der Waals surface area contributed by atoms with Gasteiger partial charge in [-0.3, -0.25) is 0 Å². The van der Waals surface area contributed by atoms with E-state index in [2.05, 4.69) is 10.6 Å². The maximum Gasteiger partial charge on any atom is 0.170 e. The van der Waals surface area contributed by atoms with Crippen LogP contribution in [-0.2, 0) is 0 Å². The number of nitrogens with one attached hydrogen (secondary N) is 2. The van der Waals surface area contributed by atoms with E-state index in [9.17, 15) is 0 Å². The smallest absolute Gasteiger partial charge is 0.170 e. The van der Waals surface area contributed by atoms with Crippen molar-refractivity contribution < 1.29 is 9.84 Å². The fraction of sp³-hybridized carbons (Fsp3) is 0.300. The average Bonchev–Trinajstić information content (AvgIpc) is 2.27. The second-order valence-corrected chi connectivity index (χ2v) is 3.21. The summed E-state index contributed by atoms with van der Waals surface area (Å²) >= 11 is 5.02. The number of hydrogen-bond acceptors (Lipinski definition) is 3. The summed E-state index contributed by atoms with van der Waals surface area (Å²) in [6, 6.07) is 7.48. The number of benzene rings is 1. The lowest BCUT2D eigenvalue weighted by Crippen LogP contribution is -2.30. The Kier molecular flexibility index (Phi) is 4.86. The van der Waals surface area contributed by atoms with Crippen LogP contribution in [0.25, 0.3) is 0 Å². The molecule has 0 spiro atoms. The van der Waals surface area contributed by atoms with Gasteiger partial charge in [0.05, 0.1) is 19.4 Å². The summed E-state index contributed by atoms with van der Waals surface area (Å²) in [6.07, 6.45) is 0. The van der Waals surface area contributed by atoms with Crippen LogP contribution in [0.1, 0.15) is 0 Å². The number of hydrogen-bond donors (Lipinski definition) is 3. The van der Waals surface area contributed by atoms with E-state index in [0.717, 1.165) is 11.4 Å². The normalized spacial score (nSPS) is 9.47. The quantitative estimate of drug-likeness (QED) is 0.668. The van der Waals surface area contributed by atoms with Crippen LogP contribution < -0.4 is 15.4 Å². The van der Waals surface area contributed by atoms with Crippen molar-refractivity contribution in [2.24, 2.45) is 0 Å². The van der Waals surface area contributed by atoms with Gasteiger partial charge in [0, 0.05) is 6.54 Å². The summed E-state index contributed by atoms with van der Waals surface area (Å²) in [5.74, 6) is 0.727. The first-order valence-electron chi connectivity index (χ1n) is 4.56. The van der Waals surface area contributed by atoms with Crippen LogP contribution >= 0.6 is 12.2 Å². The van der Waals surface area contributed by atoms with Gasteiger partial charge in [-0.05, 0) is 24.4 Å². The van der Waals surface area contributed by atoms with Crippen LogP contribution in [0.4, 0.5) is 5.69 Å². The molecule has 0 amide bonds. The number of para-hydroxylation sites is 2. The van der Waals surface area contributed by atoms with Crippen molar-refractivity contribution >= 4 is 23.0 Å². The van der Waals surface area contributed by atoms with Crippen molar-refractivity contribution in [3.8, 4) is 5.75 Å². The number of anilines is 1. The molecular formula is C10H14N2O2S. The zero-order chi connectivity index (χ0) is 11.1. The largest absolute Gasteiger partial charge is 0.495 e. The summed E-state index contributed by atoms with van der Waals surface area (Å²) < 4.78 is 5.15. The molecule has 1 aromatic rings. The standard InChI is InChI=1S/C10H14N2O2S/c1-14-9-5-3-2-4-8(9)12-10(15)11-6-7-13/h2-5,13H,6-7H2,1H3,(H2,11,12,15). The Hall–Kier alpha value is -1.33. The topological polar surface area (TPSA) is 53.5 Å². The SMILES string of the molecule is COc1ccccc1NC(=S)NCCO. The highest BCUT2D eigenvalue weighted by Crippen LogP contribution is 2.22. The Morgan fingerprint density at radius 2 is 2.20 bits per heavy atom.